The molecule has 37 heavy (non-hydrogen) atoms. The molecule has 4 nitrogen and oxygen atoms in total. The van der Waals surface area contributed by atoms with Gasteiger partial charge in [0.2, 0.25) is 0 Å². The zero-order valence-electron chi connectivity index (χ0n) is 21.9. The first-order chi connectivity index (χ1) is 18.0. The summed E-state index contributed by atoms with van der Waals surface area (Å²) in [6, 6.07) is 15.5. The summed E-state index contributed by atoms with van der Waals surface area (Å²) in [6.45, 7) is 7.17. The number of benzene rings is 2. The number of nitrogens with one attached hydrogen (secondary N) is 1. The van der Waals surface area contributed by atoms with E-state index in [2.05, 4.69) is 54.1 Å². The van der Waals surface area contributed by atoms with Crippen LogP contribution in [0.5, 0.6) is 0 Å². The maximum Gasteiger partial charge on any atom is 0.149 e. The Morgan fingerprint density at radius 3 is 2.54 bits per heavy atom. The molecule has 4 aliphatic rings. The summed E-state index contributed by atoms with van der Waals surface area (Å²) in [5, 5.41) is 10.2. The first-order valence-electron chi connectivity index (χ1n) is 13.9. The molecule has 2 aliphatic carbocycles. The van der Waals surface area contributed by atoms with Gasteiger partial charge >= 0.3 is 0 Å². The van der Waals surface area contributed by atoms with Crippen LogP contribution in [0.1, 0.15) is 68.5 Å². The van der Waals surface area contributed by atoms with E-state index >= 15 is 0 Å². The minimum atomic E-state index is 0.0951. The molecule has 186 valence electrons. The quantitative estimate of drug-likeness (QED) is 0.384. The number of rotatable bonds is 2. The highest BCUT2D eigenvalue weighted by Gasteiger charge is 2.38. The molecular formula is C33H34N4. The van der Waals surface area contributed by atoms with Gasteiger partial charge in [0.25, 0.3) is 0 Å². The maximum atomic E-state index is 10.2. The standard InChI is InChI=1S/C33H34N4/c1-33(2)19-26(27(20-34)32-35-29-9-3-4-10-30(29)36-32)18-25-15-21(11-12-28(25)33)24-16-22-7-5-13-37-14-6-8-23(17-24)31(22)37/h3-4,9-10,15-18,28H,5-8,11-14,19H2,1-2H3,(H,35,36)/b27-26-. The number of aromatic nitrogens is 2. The number of nitriles is 1. The number of para-hydroxylation sites is 2. The summed E-state index contributed by atoms with van der Waals surface area (Å²) >= 11 is 0. The second-order valence-corrected chi connectivity index (χ2v) is 12.0. The van der Waals surface area contributed by atoms with E-state index in [-0.39, 0.29) is 5.41 Å². The van der Waals surface area contributed by atoms with E-state index in [1.807, 2.05) is 24.3 Å². The number of H-pyrrole nitrogens is 1. The molecule has 3 aromatic rings. The van der Waals surface area contributed by atoms with Crippen molar-refractivity contribution in [3.63, 3.8) is 0 Å². The van der Waals surface area contributed by atoms with Crippen molar-refractivity contribution in [3.05, 3.63) is 82.2 Å². The summed E-state index contributed by atoms with van der Waals surface area (Å²) in [5.74, 6) is 1.20. The van der Waals surface area contributed by atoms with Crippen molar-refractivity contribution < 1.29 is 0 Å². The molecule has 1 aromatic heterocycles. The van der Waals surface area contributed by atoms with Gasteiger partial charge in [0, 0.05) is 18.8 Å². The number of nitrogens with zero attached hydrogens (tertiary/aromatic N) is 3. The molecular weight excluding hydrogens is 452 g/mol. The molecule has 0 fully saturated rings. The Kier molecular flexibility index (Phi) is 5.18. The van der Waals surface area contributed by atoms with E-state index < -0.39 is 0 Å². The topological polar surface area (TPSA) is 55.7 Å². The average molecular weight is 487 g/mol. The lowest BCUT2D eigenvalue weighted by molar-refractivity contribution is 0.228. The third-order valence-electron chi connectivity index (χ3n) is 9.14. The van der Waals surface area contributed by atoms with Crippen LogP contribution >= 0.6 is 0 Å². The van der Waals surface area contributed by atoms with Crippen molar-refractivity contribution in [3.8, 4) is 6.07 Å². The lowest BCUT2D eigenvalue weighted by atomic mass is 9.62. The molecule has 4 heteroatoms. The summed E-state index contributed by atoms with van der Waals surface area (Å²) in [5.41, 5.74) is 12.7. The van der Waals surface area contributed by atoms with E-state index in [0.29, 0.717) is 17.3 Å². The molecule has 2 aliphatic heterocycles. The Labute approximate surface area is 219 Å². The number of aromatic amines is 1. The normalized spacial score (nSPS) is 23.5. The average Bonchev–Trinajstić information content (AvgIpc) is 3.32. The highest BCUT2D eigenvalue weighted by Crippen LogP contribution is 2.51. The largest absolute Gasteiger partial charge is 0.371 e. The van der Waals surface area contributed by atoms with E-state index in [4.69, 9.17) is 4.98 Å². The van der Waals surface area contributed by atoms with Crippen LogP contribution in [0.15, 0.2) is 59.7 Å². The lowest BCUT2D eigenvalue weighted by Crippen LogP contribution is -2.34. The fraction of sp³-hybridized carbons (Fsp3) is 0.394. The van der Waals surface area contributed by atoms with Crippen LogP contribution in [-0.2, 0) is 12.8 Å². The van der Waals surface area contributed by atoms with Crippen LogP contribution in [-0.4, -0.2) is 23.1 Å². The van der Waals surface area contributed by atoms with Crippen molar-refractivity contribution in [2.24, 2.45) is 11.3 Å². The van der Waals surface area contributed by atoms with Crippen LogP contribution in [0.2, 0.25) is 0 Å². The Bertz CT molecular complexity index is 1490. The van der Waals surface area contributed by atoms with E-state index in [9.17, 15) is 5.26 Å². The zero-order valence-corrected chi connectivity index (χ0v) is 21.9. The minimum absolute atomic E-state index is 0.0951. The third-order valence-corrected chi connectivity index (χ3v) is 9.14. The lowest BCUT2D eigenvalue weighted by Gasteiger charge is -2.42. The number of allylic oxidation sites excluding steroid dienone is 6. The molecule has 0 bridgehead atoms. The number of anilines is 1. The highest BCUT2D eigenvalue weighted by molar-refractivity contribution is 5.85. The third kappa shape index (κ3) is 3.75. The van der Waals surface area contributed by atoms with Gasteiger partial charge in [0.05, 0.1) is 16.6 Å². The molecule has 0 spiro atoms. The van der Waals surface area contributed by atoms with Crippen LogP contribution in [0, 0.1) is 22.7 Å². The monoisotopic (exact) mass is 486 g/mol. The first-order valence-corrected chi connectivity index (χ1v) is 13.9. The molecule has 1 atom stereocenters. The van der Waals surface area contributed by atoms with Gasteiger partial charge in [-0.2, -0.15) is 5.26 Å². The van der Waals surface area contributed by atoms with Gasteiger partial charge < -0.3 is 9.88 Å². The van der Waals surface area contributed by atoms with Gasteiger partial charge in [-0.15, -0.1) is 0 Å². The number of fused-ring (bicyclic) bond motifs is 2. The summed E-state index contributed by atoms with van der Waals surface area (Å²) in [6.07, 6.45) is 12.9. The van der Waals surface area contributed by atoms with E-state index in [1.165, 1.54) is 61.9 Å². The predicted octanol–water partition coefficient (Wildman–Crippen LogP) is 7.39. The highest BCUT2D eigenvalue weighted by atomic mass is 15.1. The van der Waals surface area contributed by atoms with Gasteiger partial charge in [-0.3, -0.25) is 0 Å². The molecule has 0 saturated heterocycles. The molecule has 0 radical (unpaired) electrons. The van der Waals surface area contributed by atoms with Crippen molar-refractivity contribution >= 4 is 27.9 Å². The zero-order chi connectivity index (χ0) is 25.1. The number of imidazole rings is 1. The smallest absolute Gasteiger partial charge is 0.149 e. The van der Waals surface area contributed by atoms with Crippen molar-refractivity contribution in [1.29, 1.82) is 5.26 Å². The van der Waals surface area contributed by atoms with Gasteiger partial charge in [-0.25, -0.2) is 4.98 Å². The van der Waals surface area contributed by atoms with Gasteiger partial charge in [-0.1, -0.05) is 38.1 Å². The summed E-state index contributed by atoms with van der Waals surface area (Å²) in [4.78, 5) is 10.8. The second kappa shape index (κ2) is 8.48. The van der Waals surface area contributed by atoms with Gasteiger partial charge in [0.15, 0.2) is 0 Å². The number of hydrogen-bond donors (Lipinski definition) is 1. The maximum absolute atomic E-state index is 10.2. The van der Waals surface area contributed by atoms with Crippen molar-refractivity contribution in [2.75, 3.05) is 18.0 Å². The Hall–Kier alpha value is -3.58. The molecule has 2 aromatic carbocycles. The first kappa shape index (κ1) is 22.6. The number of aryl methyl sites for hydroxylation is 2. The molecule has 3 heterocycles. The minimum Gasteiger partial charge on any atom is -0.371 e. The molecule has 1 unspecified atom stereocenters. The van der Waals surface area contributed by atoms with Crippen molar-refractivity contribution in [1.82, 2.24) is 9.97 Å². The molecule has 0 amide bonds. The fourth-order valence-corrected chi connectivity index (χ4v) is 7.42. The Morgan fingerprint density at radius 2 is 1.81 bits per heavy atom. The van der Waals surface area contributed by atoms with E-state index in [0.717, 1.165) is 29.4 Å². The Morgan fingerprint density at radius 1 is 1.05 bits per heavy atom. The summed E-state index contributed by atoms with van der Waals surface area (Å²) < 4.78 is 0. The number of hydrogen-bond acceptors (Lipinski definition) is 3. The molecule has 7 rings (SSSR count). The molecule has 0 saturated carbocycles. The SMILES string of the molecule is CC1(C)C/C(=C(/C#N)c2nc3ccccc3[nH]2)C=C2C=C(c3cc4c5c(c3)CCCN5CCC4)CCC21. The van der Waals surface area contributed by atoms with Gasteiger partial charge in [-0.05, 0) is 114 Å². The predicted molar refractivity (Wildman–Crippen MR) is 151 cm³/mol. The van der Waals surface area contributed by atoms with Gasteiger partial charge in [0.1, 0.15) is 11.9 Å². The Balaban J connectivity index is 1.32. The van der Waals surface area contributed by atoms with Crippen LogP contribution in [0.4, 0.5) is 5.69 Å². The van der Waals surface area contributed by atoms with Crippen LogP contribution < -0.4 is 4.90 Å². The second-order valence-electron chi connectivity index (χ2n) is 12.0. The van der Waals surface area contributed by atoms with E-state index in [1.54, 1.807) is 16.8 Å². The fourth-order valence-electron chi connectivity index (χ4n) is 7.42. The van der Waals surface area contributed by atoms with Crippen LogP contribution in [0.25, 0.3) is 22.2 Å². The summed E-state index contributed by atoms with van der Waals surface area (Å²) in [7, 11) is 0. The van der Waals surface area contributed by atoms with Crippen molar-refractivity contribution in [2.45, 2.75) is 58.8 Å². The molecule has 1 N–H and O–H groups in total. The van der Waals surface area contributed by atoms with Crippen LogP contribution in [0.3, 0.4) is 0 Å².